The Balaban J connectivity index is 2.34. The molecule has 1 aliphatic rings. The molecule has 1 atom stereocenters. The van der Waals surface area contributed by atoms with Crippen LogP contribution in [0.15, 0.2) is 0 Å². The highest BCUT2D eigenvalue weighted by molar-refractivity contribution is 5.78. The summed E-state index contributed by atoms with van der Waals surface area (Å²) in [4.78, 5) is 27.5. The first-order chi connectivity index (χ1) is 9.58. The van der Waals surface area contributed by atoms with Gasteiger partial charge in [0.1, 0.15) is 0 Å². The second-order valence-corrected chi connectivity index (χ2v) is 5.44. The summed E-state index contributed by atoms with van der Waals surface area (Å²) in [6, 6.07) is 0.398. The van der Waals surface area contributed by atoms with Crippen LogP contribution in [0, 0.1) is 0 Å². The van der Waals surface area contributed by atoms with Gasteiger partial charge in [-0.05, 0) is 39.7 Å². The van der Waals surface area contributed by atoms with Crippen molar-refractivity contribution in [3.63, 3.8) is 0 Å². The number of nitrogens with zero attached hydrogens (tertiary/aromatic N) is 2. The summed E-state index contributed by atoms with van der Waals surface area (Å²) in [6.07, 6.45) is 4.82. The van der Waals surface area contributed by atoms with Crippen molar-refractivity contribution in [2.75, 3.05) is 33.3 Å². The number of ether oxygens (including phenoxy) is 1. The molecular formula is C15H28N2O3. The zero-order valence-electron chi connectivity index (χ0n) is 13.1. The SMILES string of the molecule is CCOC(=O)CCN(C)CC(=O)N1CCCCC1CC. The molecule has 0 aromatic rings. The molecule has 0 spiro atoms. The van der Waals surface area contributed by atoms with E-state index < -0.39 is 0 Å². The Hall–Kier alpha value is -1.10. The lowest BCUT2D eigenvalue weighted by atomic mass is 10.00. The van der Waals surface area contributed by atoms with E-state index in [-0.39, 0.29) is 11.9 Å². The Morgan fingerprint density at radius 3 is 2.70 bits per heavy atom. The number of likely N-dealkylation sites (tertiary alicyclic amines) is 1. The molecule has 0 radical (unpaired) electrons. The maximum Gasteiger partial charge on any atom is 0.307 e. The number of likely N-dealkylation sites (N-methyl/N-ethyl adjacent to an activating group) is 1. The molecule has 0 aliphatic carbocycles. The van der Waals surface area contributed by atoms with Gasteiger partial charge in [0.15, 0.2) is 0 Å². The first-order valence-corrected chi connectivity index (χ1v) is 7.72. The largest absolute Gasteiger partial charge is 0.466 e. The van der Waals surface area contributed by atoms with E-state index in [0.29, 0.717) is 32.2 Å². The molecule has 116 valence electrons. The topological polar surface area (TPSA) is 49.9 Å². The number of hydrogen-bond donors (Lipinski definition) is 0. The van der Waals surface area contributed by atoms with E-state index in [0.717, 1.165) is 25.8 Å². The van der Waals surface area contributed by atoms with Crippen LogP contribution in [-0.2, 0) is 14.3 Å². The molecule has 0 aromatic heterocycles. The highest BCUT2D eigenvalue weighted by atomic mass is 16.5. The summed E-state index contributed by atoms with van der Waals surface area (Å²) < 4.78 is 4.89. The van der Waals surface area contributed by atoms with Crippen LogP contribution in [0.2, 0.25) is 0 Å². The van der Waals surface area contributed by atoms with Gasteiger partial charge in [-0.25, -0.2) is 0 Å². The second kappa shape index (κ2) is 8.95. The molecule has 1 unspecified atom stereocenters. The molecule has 5 heteroatoms. The lowest BCUT2D eigenvalue weighted by Crippen LogP contribution is -2.47. The minimum absolute atomic E-state index is 0.183. The van der Waals surface area contributed by atoms with Crippen molar-refractivity contribution < 1.29 is 14.3 Å². The van der Waals surface area contributed by atoms with Crippen molar-refractivity contribution in [3.05, 3.63) is 0 Å². The third-order valence-corrected chi connectivity index (χ3v) is 3.83. The summed E-state index contributed by atoms with van der Waals surface area (Å²) in [5, 5.41) is 0. The molecule has 1 heterocycles. The Morgan fingerprint density at radius 1 is 1.30 bits per heavy atom. The Kier molecular flexibility index (Phi) is 7.59. The molecule has 1 amide bonds. The van der Waals surface area contributed by atoms with E-state index in [2.05, 4.69) is 6.92 Å². The van der Waals surface area contributed by atoms with Crippen LogP contribution >= 0.6 is 0 Å². The zero-order chi connectivity index (χ0) is 15.0. The predicted octanol–water partition coefficient (Wildman–Crippen LogP) is 1.66. The first kappa shape index (κ1) is 17.0. The van der Waals surface area contributed by atoms with Gasteiger partial charge >= 0.3 is 5.97 Å². The number of rotatable bonds is 7. The highest BCUT2D eigenvalue weighted by Crippen LogP contribution is 2.19. The number of hydrogen-bond acceptors (Lipinski definition) is 4. The molecule has 1 fully saturated rings. The van der Waals surface area contributed by atoms with Crippen LogP contribution in [0.3, 0.4) is 0 Å². The minimum atomic E-state index is -0.198. The minimum Gasteiger partial charge on any atom is -0.466 e. The second-order valence-electron chi connectivity index (χ2n) is 5.44. The first-order valence-electron chi connectivity index (χ1n) is 7.72. The van der Waals surface area contributed by atoms with E-state index in [9.17, 15) is 9.59 Å². The summed E-state index contributed by atoms with van der Waals surface area (Å²) >= 11 is 0. The van der Waals surface area contributed by atoms with Crippen molar-refractivity contribution in [3.8, 4) is 0 Å². The van der Waals surface area contributed by atoms with Crippen LogP contribution in [0.25, 0.3) is 0 Å². The van der Waals surface area contributed by atoms with Gasteiger partial charge in [0.25, 0.3) is 0 Å². The molecule has 0 bridgehead atoms. The molecule has 1 rings (SSSR count). The maximum atomic E-state index is 12.3. The maximum absolute atomic E-state index is 12.3. The summed E-state index contributed by atoms with van der Waals surface area (Å²) in [6.45, 7) is 6.18. The van der Waals surface area contributed by atoms with Crippen LogP contribution in [0.1, 0.15) is 46.0 Å². The molecule has 5 nitrogen and oxygen atoms in total. The van der Waals surface area contributed by atoms with Crippen LogP contribution in [0.5, 0.6) is 0 Å². The van der Waals surface area contributed by atoms with E-state index in [1.165, 1.54) is 6.42 Å². The number of piperidine rings is 1. The molecule has 0 aromatic carbocycles. The fraction of sp³-hybridized carbons (Fsp3) is 0.867. The van der Waals surface area contributed by atoms with Gasteiger partial charge < -0.3 is 9.64 Å². The van der Waals surface area contributed by atoms with E-state index in [1.807, 2.05) is 16.8 Å². The Labute approximate surface area is 122 Å². The van der Waals surface area contributed by atoms with E-state index >= 15 is 0 Å². The number of esters is 1. The van der Waals surface area contributed by atoms with Gasteiger partial charge in [-0.3, -0.25) is 14.5 Å². The average molecular weight is 284 g/mol. The third kappa shape index (κ3) is 5.49. The lowest BCUT2D eigenvalue weighted by Gasteiger charge is -2.36. The summed E-state index contributed by atoms with van der Waals surface area (Å²) in [5.41, 5.74) is 0. The quantitative estimate of drug-likeness (QED) is 0.667. The van der Waals surface area contributed by atoms with Crippen molar-refractivity contribution in [1.82, 2.24) is 9.80 Å². The number of carbonyl (C=O) groups excluding carboxylic acids is 2. The molecule has 20 heavy (non-hydrogen) atoms. The van der Waals surface area contributed by atoms with Crippen LogP contribution in [-0.4, -0.2) is 61.0 Å². The summed E-state index contributed by atoms with van der Waals surface area (Å²) in [7, 11) is 1.88. The normalized spacial score (nSPS) is 19.2. The average Bonchev–Trinajstić information content (AvgIpc) is 2.45. The smallest absolute Gasteiger partial charge is 0.307 e. The fourth-order valence-electron chi connectivity index (χ4n) is 2.67. The van der Waals surface area contributed by atoms with Crippen LogP contribution in [0.4, 0.5) is 0 Å². The van der Waals surface area contributed by atoms with E-state index in [1.54, 1.807) is 6.92 Å². The third-order valence-electron chi connectivity index (χ3n) is 3.83. The van der Waals surface area contributed by atoms with Gasteiger partial charge in [-0.2, -0.15) is 0 Å². The predicted molar refractivity (Wildman–Crippen MR) is 78.4 cm³/mol. The van der Waals surface area contributed by atoms with Crippen molar-refractivity contribution >= 4 is 11.9 Å². The van der Waals surface area contributed by atoms with Crippen molar-refractivity contribution in [2.45, 2.75) is 52.0 Å². The molecule has 0 saturated carbocycles. The Morgan fingerprint density at radius 2 is 2.05 bits per heavy atom. The van der Waals surface area contributed by atoms with Gasteiger partial charge in [0.05, 0.1) is 19.6 Å². The Bertz CT molecular complexity index is 320. The van der Waals surface area contributed by atoms with Gasteiger partial charge in [0, 0.05) is 19.1 Å². The molecule has 1 saturated heterocycles. The fourth-order valence-corrected chi connectivity index (χ4v) is 2.67. The monoisotopic (exact) mass is 284 g/mol. The highest BCUT2D eigenvalue weighted by Gasteiger charge is 2.25. The van der Waals surface area contributed by atoms with E-state index in [4.69, 9.17) is 4.74 Å². The van der Waals surface area contributed by atoms with Gasteiger partial charge in [0.2, 0.25) is 5.91 Å². The number of amides is 1. The van der Waals surface area contributed by atoms with Gasteiger partial charge in [-0.15, -0.1) is 0 Å². The zero-order valence-corrected chi connectivity index (χ0v) is 13.1. The van der Waals surface area contributed by atoms with Crippen molar-refractivity contribution in [2.24, 2.45) is 0 Å². The molecule has 1 aliphatic heterocycles. The molecule has 0 N–H and O–H groups in total. The van der Waals surface area contributed by atoms with Gasteiger partial charge in [-0.1, -0.05) is 6.92 Å². The molecular weight excluding hydrogens is 256 g/mol. The number of carbonyl (C=O) groups is 2. The summed E-state index contributed by atoms with van der Waals surface area (Å²) in [5.74, 6) is -0.0147. The standard InChI is InChI=1S/C15H28N2O3/c1-4-13-8-6-7-10-17(13)14(18)12-16(3)11-9-15(19)20-5-2/h13H,4-12H2,1-3H3. The van der Waals surface area contributed by atoms with Crippen molar-refractivity contribution in [1.29, 1.82) is 0 Å². The lowest BCUT2D eigenvalue weighted by molar-refractivity contribution is -0.144. The van der Waals surface area contributed by atoms with Crippen LogP contribution < -0.4 is 0 Å².